The molecule has 0 saturated carbocycles. The molecular weight excluding hydrogens is 376 g/mol. The van der Waals surface area contributed by atoms with Crippen LogP contribution < -0.4 is 0 Å². The van der Waals surface area contributed by atoms with Gasteiger partial charge in [-0.2, -0.15) is 0 Å². The molecule has 0 atom stereocenters. The summed E-state index contributed by atoms with van der Waals surface area (Å²) >= 11 is 0. The third-order valence-corrected chi connectivity index (χ3v) is 6.00. The van der Waals surface area contributed by atoms with Crippen LogP contribution in [0.3, 0.4) is 0 Å². The average molecular weight is 409 g/mol. The molecule has 0 aliphatic carbocycles. The number of rotatable bonds is 7. The highest BCUT2D eigenvalue weighted by Crippen LogP contribution is 2.33. The van der Waals surface area contributed by atoms with Gasteiger partial charge in [0.25, 0.3) is 0 Å². The Kier molecular flexibility index (Phi) is 6.46. The van der Waals surface area contributed by atoms with Crippen molar-refractivity contribution in [1.82, 2.24) is 9.97 Å². The third-order valence-electron chi connectivity index (χ3n) is 6.00. The van der Waals surface area contributed by atoms with E-state index in [0.29, 0.717) is 5.92 Å². The molecule has 0 radical (unpaired) electrons. The largest absolute Gasteiger partial charge is 0.233 e. The molecular formula is C29H32N2. The molecule has 4 aromatic rings. The fraction of sp³-hybridized carbons (Fsp3) is 0.310. The van der Waals surface area contributed by atoms with E-state index in [1.807, 2.05) is 0 Å². The molecule has 31 heavy (non-hydrogen) atoms. The number of hydrogen-bond acceptors (Lipinski definition) is 2. The van der Waals surface area contributed by atoms with Crippen molar-refractivity contribution in [1.29, 1.82) is 0 Å². The molecule has 0 fully saturated rings. The molecule has 0 spiro atoms. The molecule has 1 heterocycles. The fourth-order valence-electron chi connectivity index (χ4n) is 4.22. The first kappa shape index (κ1) is 21.2. The van der Waals surface area contributed by atoms with E-state index in [1.54, 1.807) is 0 Å². The van der Waals surface area contributed by atoms with Crippen LogP contribution in [0.25, 0.3) is 33.4 Å². The van der Waals surface area contributed by atoms with Gasteiger partial charge in [0.05, 0.1) is 5.52 Å². The maximum Gasteiger partial charge on any atom is 0.160 e. The summed E-state index contributed by atoms with van der Waals surface area (Å²) in [7, 11) is 0. The number of benzene rings is 3. The van der Waals surface area contributed by atoms with Gasteiger partial charge in [-0.1, -0.05) is 82.1 Å². The summed E-state index contributed by atoms with van der Waals surface area (Å²) < 4.78 is 0. The molecule has 3 aromatic carbocycles. The highest BCUT2D eigenvalue weighted by molar-refractivity contribution is 5.90. The highest BCUT2D eigenvalue weighted by Gasteiger charge is 2.15. The zero-order valence-corrected chi connectivity index (χ0v) is 19.2. The molecule has 0 unspecified atom stereocenters. The standard InChI is InChI=1S/C29H32N2/c1-5-6-8-12-22-13-11-16-24(17-22)29-30-21(4)27-19-25(23-14-9-7-10-15-23)18-26(20(2)3)28(27)31-29/h7,9-11,13-20H,5-6,8,12H2,1-4H3. The second-order valence-electron chi connectivity index (χ2n) is 8.77. The minimum absolute atomic E-state index is 0.383. The van der Waals surface area contributed by atoms with Crippen LogP contribution >= 0.6 is 0 Å². The molecule has 0 saturated heterocycles. The zero-order chi connectivity index (χ0) is 21.8. The van der Waals surface area contributed by atoms with Crippen molar-refractivity contribution in [3.8, 4) is 22.5 Å². The Morgan fingerprint density at radius 1 is 0.774 bits per heavy atom. The maximum atomic E-state index is 5.09. The van der Waals surface area contributed by atoms with E-state index in [9.17, 15) is 0 Å². The van der Waals surface area contributed by atoms with Crippen molar-refractivity contribution in [2.75, 3.05) is 0 Å². The van der Waals surface area contributed by atoms with Crippen LogP contribution in [0.2, 0.25) is 0 Å². The molecule has 0 amide bonds. The Hall–Kier alpha value is -3.00. The van der Waals surface area contributed by atoms with Gasteiger partial charge in [0.2, 0.25) is 0 Å². The normalized spacial score (nSPS) is 11.4. The number of unbranched alkanes of at least 4 members (excludes halogenated alkanes) is 2. The Labute approximate surface area is 186 Å². The lowest BCUT2D eigenvalue weighted by Gasteiger charge is -2.15. The van der Waals surface area contributed by atoms with E-state index in [2.05, 4.69) is 94.4 Å². The topological polar surface area (TPSA) is 25.8 Å². The summed E-state index contributed by atoms with van der Waals surface area (Å²) in [6, 6.07) is 23.9. The molecule has 0 aliphatic rings. The van der Waals surface area contributed by atoms with Crippen molar-refractivity contribution in [2.24, 2.45) is 0 Å². The van der Waals surface area contributed by atoms with Crippen LogP contribution in [0.1, 0.15) is 62.8 Å². The fourth-order valence-corrected chi connectivity index (χ4v) is 4.22. The van der Waals surface area contributed by atoms with E-state index >= 15 is 0 Å². The lowest BCUT2D eigenvalue weighted by Crippen LogP contribution is -2.00. The average Bonchev–Trinajstić information content (AvgIpc) is 2.79. The molecule has 2 nitrogen and oxygen atoms in total. The van der Waals surface area contributed by atoms with Crippen LogP contribution in [0.15, 0.2) is 66.7 Å². The minimum atomic E-state index is 0.383. The van der Waals surface area contributed by atoms with Crippen LogP contribution in [-0.2, 0) is 6.42 Å². The lowest BCUT2D eigenvalue weighted by atomic mass is 9.93. The quantitative estimate of drug-likeness (QED) is 0.288. The summed E-state index contributed by atoms with van der Waals surface area (Å²) in [5.74, 6) is 1.21. The van der Waals surface area contributed by atoms with Gasteiger partial charge < -0.3 is 0 Å². The number of nitrogens with zero attached hydrogens (tertiary/aromatic N) is 2. The van der Waals surface area contributed by atoms with E-state index < -0.39 is 0 Å². The number of hydrogen-bond donors (Lipinski definition) is 0. The second-order valence-corrected chi connectivity index (χ2v) is 8.77. The first-order chi connectivity index (χ1) is 15.1. The summed E-state index contributed by atoms with van der Waals surface area (Å²) in [6.45, 7) is 8.85. The van der Waals surface area contributed by atoms with Crippen LogP contribution in [-0.4, -0.2) is 9.97 Å². The summed E-state index contributed by atoms with van der Waals surface area (Å²) in [6.07, 6.45) is 4.87. The number of fused-ring (bicyclic) bond motifs is 1. The summed E-state index contributed by atoms with van der Waals surface area (Å²) in [5.41, 5.74) is 8.34. The monoisotopic (exact) mass is 408 g/mol. The predicted molar refractivity (Wildman–Crippen MR) is 132 cm³/mol. The van der Waals surface area contributed by atoms with Crippen molar-refractivity contribution >= 4 is 10.9 Å². The van der Waals surface area contributed by atoms with Gasteiger partial charge in [-0.15, -0.1) is 0 Å². The van der Waals surface area contributed by atoms with Gasteiger partial charge in [0, 0.05) is 16.6 Å². The zero-order valence-electron chi connectivity index (χ0n) is 19.2. The van der Waals surface area contributed by atoms with Crippen molar-refractivity contribution in [3.63, 3.8) is 0 Å². The molecule has 0 bridgehead atoms. The maximum absolute atomic E-state index is 5.09. The number of aryl methyl sites for hydroxylation is 2. The molecule has 158 valence electrons. The third kappa shape index (κ3) is 4.69. The van der Waals surface area contributed by atoms with Crippen LogP contribution in [0.5, 0.6) is 0 Å². The first-order valence-corrected chi connectivity index (χ1v) is 11.5. The minimum Gasteiger partial charge on any atom is -0.233 e. The van der Waals surface area contributed by atoms with E-state index in [4.69, 9.17) is 9.97 Å². The van der Waals surface area contributed by atoms with Gasteiger partial charge in [-0.05, 0) is 66.1 Å². The van der Waals surface area contributed by atoms with Crippen LogP contribution in [0, 0.1) is 6.92 Å². The van der Waals surface area contributed by atoms with Crippen molar-refractivity contribution in [3.05, 3.63) is 83.6 Å². The Morgan fingerprint density at radius 2 is 1.55 bits per heavy atom. The Balaban J connectivity index is 1.81. The van der Waals surface area contributed by atoms with E-state index in [-0.39, 0.29) is 0 Å². The first-order valence-electron chi connectivity index (χ1n) is 11.5. The van der Waals surface area contributed by atoms with Gasteiger partial charge in [-0.3, -0.25) is 0 Å². The molecule has 1 aromatic heterocycles. The van der Waals surface area contributed by atoms with E-state index in [1.165, 1.54) is 41.5 Å². The van der Waals surface area contributed by atoms with Crippen molar-refractivity contribution in [2.45, 2.75) is 59.3 Å². The van der Waals surface area contributed by atoms with Gasteiger partial charge in [0.1, 0.15) is 0 Å². The van der Waals surface area contributed by atoms with Crippen molar-refractivity contribution < 1.29 is 0 Å². The SMILES string of the molecule is CCCCCc1cccc(-c2nc(C)c3cc(-c4ccccc4)cc(C(C)C)c3n2)c1. The summed E-state index contributed by atoms with van der Waals surface area (Å²) in [4.78, 5) is 10.0. The molecule has 0 N–H and O–H groups in total. The van der Waals surface area contributed by atoms with E-state index in [0.717, 1.165) is 34.4 Å². The summed E-state index contributed by atoms with van der Waals surface area (Å²) in [5, 5.41) is 1.15. The smallest absolute Gasteiger partial charge is 0.160 e. The van der Waals surface area contributed by atoms with Gasteiger partial charge in [-0.25, -0.2) is 9.97 Å². The van der Waals surface area contributed by atoms with Crippen LogP contribution in [0.4, 0.5) is 0 Å². The Bertz CT molecular complexity index is 1180. The number of aromatic nitrogens is 2. The Morgan fingerprint density at radius 3 is 2.29 bits per heavy atom. The highest BCUT2D eigenvalue weighted by atomic mass is 14.9. The van der Waals surface area contributed by atoms with Gasteiger partial charge in [0.15, 0.2) is 5.82 Å². The molecule has 0 aliphatic heterocycles. The predicted octanol–water partition coefficient (Wildman–Crippen LogP) is 8.13. The molecule has 2 heteroatoms. The molecule has 4 rings (SSSR count). The van der Waals surface area contributed by atoms with Gasteiger partial charge >= 0.3 is 0 Å². The lowest BCUT2D eigenvalue weighted by molar-refractivity contribution is 0.717. The second kappa shape index (κ2) is 9.43.